The Morgan fingerprint density at radius 1 is 1.21 bits per heavy atom. The van der Waals surface area contributed by atoms with Crippen molar-refractivity contribution in [2.45, 2.75) is 90.8 Å². The Balaban J connectivity index is 1.56. The number of methoxy groups -OCH3 is 1. The maximum Gasteiger partial charge on any atom is 0.310 e. The van der Waals surface area contributed by atoms with E-state index in [9.17, 15) is 19.2 Å². The van der Waals surface area contributed by atoms with Gasteiger partial charge in [0.2, 0.25) is 18.1 Å². The van der Waals surface area contributed by atoms with Crippen LogP contribution >= 0.6 is 0 Å². The Morgan fingerprint density at radius 3 is 2.61 bits per heavy atom. The lowest BCUT2D eigenvalue weighted by atomic mass is 9.84. The molecule has 2 aliphatic heterocycles. The first-order valence-electron chi connectivity index (χ1n) is 13.3. The minimum absolute atomic E-state index is 0.0180. The molecule has 3 fully saturated rings. The van der Waals surface area contributed by atoms with Crippen LogP contribution in [0.2, 0.25) is 0 Å². The predicted octanol–water partition coefficient (Wildman–Crippen LogP) is 2.32. The van der Waals surface area contributed by atoms with E-state index in [0.29, 0.717) is 23.5 Å². The molecule has 3 aliphatic rings. The number of fused-ring (bicyclic) bond motifs is 2. The summed E-state index contributed by atoms with van der Waals surface area (Å²) in [7, 11) is 1.54. The molecule has 0 radical (unpaired) electrons. The molecule has 3 unspecified atom stereocenters. The number of nitrogens with one attached hydrogen (secondary N) is 2. The number of likely N-dealkylation sites (tertiary alicyclic amines) is 1. The highest BCUT2D eigenvalue weighted by Crippen LogP contribution is 2.44. The molecule has 3 amide bonds. The molecule has 1 saturated carbocycles. The van der Waals surface area contributed by atoms with Gasteiger partial charge in [-0.3, -0.25) is 19.2 Å². The van der Waals surface area contributed by atoms with Crippen LogP contribution in [0.4, 0.5) is 0 Å². The second-order valence-electron chi connectivity index (χ2n) is 11.5. The zero-order chi connectivity index (χ0) is 27.8. The molecule has 208 valence electrons. The summed E-state index contributed by atoms with van der Waals surface area (Å²) >= 11 is 0. The zero-order valence-electron chi connectivity index (χ0n) is 23.0. The van der Waals surface area contributed by atoms with Gasteiger partial charge in [0.05, 0.1) is 13.5 Å². The molecule has 38 heavy (non-hydrogen) atoms. The molecule has 10 heteroatoms. The molecule has 2 bridgehead atoms. The summed E-state index contributed by atoms with van der Waals surface area (Å²) < 4.78 is 16.0. The van der Waals surface area contributed by atoms with E-state index in [-0.39, 0.29) is 36.1 Å². The van der Waals surface area contributed by atoms with Crippen LogP contribution in [-0.2, 0) is 23.9 Å². The number of nitrogens with zero attached hydrogens (tertiary/aromatic N) is 1. The van der Waals surface area contributed by atoms with E-state index in [1.165, 1.54) is 0 Å². The number of piperidine rings is 1. The fourth-order valence-corrected chi connectivity index (χ4v) is 5.97. The van der Waals surface area contributed by atoms with Crippen molar-refractivity contribution in [1.29, 1.82) is 0 Å². The smallest absolute Gasteiger partial charge is 0.310 e. The highest BCUT2D eigenvalue weighted by atomic mass is 16.7. The Kier molecular flexibility index (Phi) is 8.01. The molecule has 10 nitrogen and oxygen atoms in total. The van der Waals surface area contributed by atoms with Gasteiger partial charge in [-0.05, 0) is 56.6 Å². The van der Waals surface area contributed by atoms with E-state index in [4.69, 9.17) is 14.2 Å². The molecule has 0 aromatic heterocycles. The Labute approximate surface area is 223 Å². The summed E-state index contributed by atoms with van der Waals surface area (Å²) in [5, 5.41) is 5.88. The van der Waals surface area contributed by atoms with E-state index >= 15 is 0 Å². The predicted molar refractivity (Wildman–Crippen MR) is 138 cm³/mol. The zero-order valence-corrected chi connectivity index (χ0v) is 23.0. The first kappa shape index (κ1) is 27.9. The van der Waals surface area contributed by atoms with Crippen LogP contribution < -0.4 is 15.4 Å². The summed E-state index contributed by atoms with van der Waals surface area (Å²) in [4.78, 5) is 54.6. The van der Waals surface area contributed by atoms with Crippen molar-refractivity contribution in [2.75, 3.05) is 13.7 Å². The Hall–Kier alpha value is -3.14. The van der Waals surface area contributed by atoms with Crippen LogP contribution in [0.25, 0.3) is 0 Å². The Bertz CT molecular complexity index is 1100. The van der Waals surface area contributed by atoms with E-state index in [1.54, 1.807) is 44.1 Å². The normalized spacial score (nSPS) is 27.2. The van der Waals surface area contributed by atoms with Gasteiger partial charge < -0.3 is 29.7 Å². The average Bonchev–Trinajstić information content (AvgIpc) is 3.56. The molecule has 1 aliphatic carbocycles. The number of carbonyl (C=O) groups is 4. The third kappa shape index (κ3) is 5.36. The number of hydrogen-bond donors (Lipinski definition) is 2. The van der Waals surface area contributed by atoms with Gasteiger partial charge in [-0.2, -0.15) is 0 Å². The number of rotatable bonds is 8. The van der Waals surface area contributed by atoms with Crippen molar-refractivity contribution < 1.29 is 33.4 Å². The Morgan fingerprint density at radius 2 is 1.95 bits per heavy atom. The van der Waals surface area contributed by atoms with E-state index in [2.05, 4.69) is 10.6 Å². The molecular formula is C28H39N3O7. The van der Waals surface area contributed by atoms with Crippen molar-refractivity contribution in [1.82, 2.24) is 15.5 Å². The molecular weight excluding hydrogens is 490 g/mol. The van der Waals surface area contributed by atoms with E-state index < -0.39 is 35.8 Å². The van der Waals surface area contributed by atoms with Crippen molar-refractivity contribution in [3.05, 3.63) is 29.3 Å². The maximum atomic E-state index is 14.1. The minimum atomic E-state index is -0.859. The van der Waals surface area contributed by atoms with E-state index in [0.717, 1.165) is 19.3 Å². The number of amides is 3. The first-order valence-corrected chi connectivity index (χ1v) is 13.3. The van der Waals surface area contributed by atoms with Crippen molar-refractivity contribution in [3.63, 3.8) is 0 Å². The fraction of sp³-hybridized carbons (Fsp3) is 0.643. The van der Waals surface area contributed by atoms with Crippen LogP contribution in [0.15, 0.2) is 18.2 Å². The number of carbonyl (C=O) groups excluding carboxylic acids is 4. The standard InChI is InChI=1S/C28H39N3O7/c1-7-37-27-19(14-21(32)38-27)29-25(34)22-16-11-12-17(13-16)31(22)26(35)23(28(3,4)5)30-24(33)18-9-8-10-20(36-6)15(18)2/h8-10,16-17,19,22-23,27H,7,11-14H2,1-6H3,(H,29,34)(H,30,33)/t16?,17?,19-,22?,23+,27+/m0/s1. The monoisotopic (exact) mass is 529 g/mol. The van der Waals surface area contributed by atoms with Gasteiger partial charge in [0.15, 0.2) is 0 Å². The molecule has 1 aromatic rings. The lowest BCUT2D eigenvalue weighted by molar-refractivity contribution is -0.165. The molecule has 2 N–H and O–H groups in total. The van der Waals surface area contributed by atoms with Crippen LogP contribution in [0.3, 0.4) is 0 Å². The van der Waals surface area contributed by atoms with Gasteiger partial charge in [0.1, 0.15) is 23.9 Å². The van der Waals surface area contributed by atoms with Gasteiger partial charge in [-0.15, -0.1) is 0 Å². The number of esters is 1. The number of cyclic esters (lactones) is 1. The first-order chi connectivity index (χ1) is 18.0. The third-order valence-corrected chi connectivity index (χ3v) is 7.87. The van der Waals surface area contributed by atoms with Crippen LogP contribution in [0, 0.1) is 18.3 Å². The van der Waals surface area contributed by atoms with Gasteiger partial charge >= 0.3 is 5.97 Å². The number of hydrogen-bond acceptors (Lipinski definition) is 7. The highest BCUT2D eigenvalue weighted by Gasteiger charge is 2.54. The van der Waals surface area contributed by atoms with Gasteiger partial charge in [0.25, 0.3) is 5.91 Å². The third-order valence-electron chi connectivity index (χ3n) is 7.87. The topological polar surface area (TPSA) is 123 Å². The SMILES string of the molecule is CCO[C@@H]1OC(=O)C[C@@H]1NC(=O)C1C2CCC(C2)N1C(=O)[C@@H](NC(=O)c1cccc(OC)c1C)C(C)(C)C. The summed E-state index contributed by atoms with van der Waals surface area (Å²) in [6.07, 6.45) is 1.57. The highest BCUT2D eigenvalue weighted by molar-refractivity contribution is 6.00. The van der Waals surface area contributed by atoms with Crippen molar-refractivity contribution in [2.24, 2.45) is 11.3 Å². The molecule has 6 atom stereocenters. The van der Waals surface area contributed by atoms with E-state index in [1.807, 2.05) is 20.8 Å². The quantitative estimate of drug-likeness (QED) is 0.496. The second-order valence-corrected chi connectivity index (χ2v) is 11.5. The van der Waals surface area contributed by atoms with Crippen molar-refractivity contribution in [3.8, 4) is 5.75 Å². The summed E-state index contributed by atoms with van der Waals surface area (Å²) in [5.74, 6) is -0.798. The summed E-state index contributed by atoms with van der Waals surface area (Å²) in [6.45, 7) is 9.61. The summed E-state index contributed by atoms with van der Waals surface area (Å²) in [5.41, 5.74) is 0.493. The number of ether oxygens (including phenoxy) is 3. The second kappa shape index (κ2) is 10.9. The lowest BCUT2D eigenvalue weighted by Crippen LogP contribution is -2.62. The summed E-state index contributed by atoms with van der Waals surface area (Å²) in [6, 6.07) is 2.99. The minimum Gasteiger partial charge on any atom is -0.496 e. The number of benzene rings is 1. The largest absolute Gasteiger partial charge is 0.496 e. The van der Waals surface area contributed by atoms with Crippen LogP contribution in [0.1, 0.15) is 69.3 Å². The average molecular weight is 530 g/mol. The molecule has 4 rings (SSSR count). The molecule has 0 spiro atoms. The van der Waals surface area contributed by atoms with Crippen molar-refractivity contribution >= 4 is 23.7 Å². The van der Waals surface area contributed by atoms with Gasteiger partial charge in [-0.25, -0.2) is 0 Å². The molecule has 1 aromatic carbocycles. The molecule has 2 saturated heterocycles. The fourth-order valence-electron chi connectivity index (χ4n) is 5.97. The van der Waals surface area contributed by atoms with Gasteiger partial charge in [-0.1, -0.05) is 26.8 Å². The van der Waals surface area contributed by atoms with Crippen LogP contribution in [0.5, 0.6) is 5.75 Å². The lowest BCUT2D eigenvalue weighted by Gasteiger charge is -2.40. The van der Waals surface area contributed by atoms with Gasteiger partial charge in [0, 0.05) is 23.8 Å². The maximum absolute atomic E-state index is 14.1. The van der Waals surface area contributed by atoms with Crippen LogP contribution in [-0.4, -0.2) is 72.8 Å². The molecule has 2 heterocycles.